The number of nitrogens with zero attached hydrogens (tertiary/aromatic N) is 3. The van der Waals surface area contributed by atoms with E-state index in [-0.39, 0.29) is 0 Å². The van der Waals surface area contributed by atoms with Crippen LogP contribution in [0.2, 0.25) is 5.02 Å². The number of imidazole rings is 1. The van der Waals surface area contributed by atoms with Crippen molar-refractivity contribution in [1.29, 1.82) is 0 Å². The smallest absolute Gasteiger partial charge is 0.309 e. The second kappa shape index (κ2) is 7.93. The lowest BCUT2D eigenvalue weighted by Crippen LogP contribution is -2.29. The summed E-state index contributed by atoms with van der Waals surface area (Å²) in [6.45, 7) is 2.43. The highest BCUT2D eigenvalue weighted by molar-refractivity contribution is 7.98. The second-order valence-corrected chi connectivity index (χ2v) is 8.19. The highest BCUT2D eigenvalue weighted by Crippen LogP contribution is 2.27. The summed E-state index contributed by atoms with van der Waals surface area (Å²) in [4.78, 5) is 31.6. The summed E-state index contributed by atoms with van der Waals surface area (Å²) in [7, 11) is 1.60. The molecule has 0 fully saturated rings. The number of aromatic nitrogens is 4. The largest absolute Gasteiger partial charge is 0.329 e. The Labute approximate surface area is 176 Å². The van der Waals surface area contributed by atoms with Crippen LogP contribution in [-0.4, -0.2) is 19.1 Å². The third-order valence-electron chi connectivity index (χ3n) is 4.71. The van der Waals surface area contributed by atoms with Crippen LogP contribution in [0.3, 0.4) is 0 Å². The Morgan fingerprint density at radius 1 is 1.14 bits per heavy atom. The third-order valence-corrected chi connectivity index (χ3v) is 6.13. The zero-order valence-corrected chi connectivity index (χ0v) is 17.5. The SMILES string of the molecule is Cc1cccc(CSc2nc3c(c(=O)[nH]c(=O)n3C)n2Cc2ccccc2Cl)c1. The summed E-state index contributed by atoms with van der Waals surface area (Å²) in [5.74, 6) is 0.694. The van der Waals surface area contributed by atoms with Gasteiger partial charge in [0.25, 0.3) is 5.56 Å². The molecule has 2 aromatic carbocycles. The average molecular weight is 427 g/mol. The van der Waals surface area contributed by atoms with Crippen molar-refractivity contribution in [2.45, 2.75) is 24.4 Å². The number of fused-ring (bicyclic) bond motifs is 1. The molecule has 2 aromatic heterocycles. The molecular weight excluding hydrogens is 408 g/mol. The highest BCUT2D eigenvalue weighted by atomic mass is 35.5. The minimum Gasteiger partial charge on any atom is -0.309 e. The molecule has 0 spiro atoms. The summed E-state index contributed by atoms with van der Waals surface area (Å²) in [6.07, 6.45) is 0. The lowest BCUT2D eigenvalue weighted by atomic mass is 10.2. The number of nitrogens with one attached hydrogen (secondary N) is 1. The third kappa shape index (κ3) is 3.88. The fourth-order valence-electron chi connectivity index (χ4n) is 3.22. The van der Waals surface area contributed by atoms with Crippen molar-refractivity contribution in [1.82, 2.24) is 19.1 Å². The van der Waals surface area contributed by atoms with E-state index in [9.17, 15) is 9.59 Å². The van der Waals surface area contributed by atoms with Crippen molar-refractivity contribution >= 4 is 34.5 Å². The van der Waals surface area contributed by atoms with E-state index >= 15 is 0 Å². The molecule has 4 rings (SSSR count). The Morgan fingerprint density at radius 2 is 1.93 bits per heavy atom. The van der Waals surface area contributed by atoms with Crippen LogP contribution >= 0.6 is 23.4 Å². The lowest BCUT2D eigenvalue weighted by Gasteiger charge is -2.10. The highest BCUT2D eigenvalue weighted by Gasteiger charge is 2.18. The number of rotatable bonds is 5. The zero-order chi connectivity index (χ0) is 20.5. The maximum absolute atomic E-state index is 12.6. The van der Waals surface area contributed by atoms with Gasteiger partial charge >= 0.3 is 5.69 Å². The quantitative estimate of drug-likeness (QED) is 0.493. The van der Waals surface area contributed by atoms with Crippen molar-refractivity contribution in [2.24, 2.45) is 7.05 Å². The van der Waals surface area contributed by atoms with Gasteiger partial charge in [0.05, 0.1) is 6.54 Å². The monoisotopic (exact) mass is 426 g/mol. The van der Waals surface area contributed by atoms with Gasteiger partial charge in [0.2, 0.25) is 0 Å². The van der Waals surface area contributed by atoms with Crippen LogP contribution in [0.4, 0.5) is 0 Å². The van der Waals surface area contributed by atoms with E-state index < -0.39 is 11.2 Å². The molecule has 0 radical (unpaired) electrons. The predicted octanol–water partition coefficient (Wildman–Crippen LogP) is 3.73. The summed E-state index contributed by atoms with van der Waals surface area (Å²) in [5, 5.41) is 1.28. The van der Waals surface area contributed by atoms with E-state index in [2.05, 4.69) is 35.1 Å². The molecular formula is C21H19ClN4O2S. The first-order valence-corrected chi connectivity index (χ1v) is 10.4. The van der Waals surface area contributed by atoms with Crippen LogP contribution in [0, 0.1) is 6.92 Å². The van der Waals surface area contributed by atoms with Gasteiger partial charge in [-0.2, -0.15) is 0 Å². The van der Waals surface area contributed by atoms with Gasteiger partial charge in [-0.3, -0.25) is 14.3 Å². The molecule has 0 aliphatic heterocycles. The van der Waals surface area contributed by atoms with Gasteiger partial charge in [0.15, 0.2) is 16.3 Å². The summed E-state index contributed by atoms with van der Waals surface area (Å²) in [6, 6.07) is 15.7. The minimum absolute atomic E-state index is 0.359. The maximum atomic E-state index is 12.6. The van der Waals surface area contributed by atoms with Crippen LogP contribution in [0.15, 0.2) is 63.3 Å². The van der Waals surface area contributed by atoms with Gasteiger partial charge in [0.1, 0.15) is 0 Å². The van der Waals surface area contributed by atoms with Crippen LogP contribution in [0.1, 0.15) is 16.7 Å². The standard InChI is InChI=1S/C21H19ClN4O2S/c1-13-6-5-7-14(10-13)12-29-21-23-18-17(19(27)24-20(28)25(18)2)26(21)11-15-8-3-4-9-16(15)22/h3-10H,11-12H2,1-2H3,(H,24,27,28). The molecule has 148 valence electrons. The molecule has 8 heteroatoms. The molecule has 2 heterocycles. The van der Waals surface area contributed by atoms with E-state index in [1.165, 1.54) is 21.9 Å². The molecule has 0 unspecified atom stereocenters. The van der Waals surface area contributed by atoms with Crippen molar-refractivity contribution in [2.75, 3.05) is 0 Å². The van der Waals surface area contributed by atoms with Crippen LogP contribution in [0.25, 0.3) is 11.2 Å². The van der Waals surface area contributed by atoms with Gasteiger partial charge < -0.3 is 4.57 Å². The van der Waals surface area contributed by atoms with Crippen molar-refractivity contribution in [3.05, 3.63) is 91.1 Å². The first kappa shape index (κ1) is 19.5. The van der Waals surface area contributed by atoms with Crippen molar-refractivity contribution in [3.8, 4) is 0 Å². The maximum Gasteiger partial charge on any atom is 0.329 e. The van der Waals surface area contributed by atoms with Gasteiger partial charge in [-0.05, 0) is 24.1 Å². The number of aromatic amines is 1. The summed E-state index contributed by atoms with van der Waals surface area (Å²) in [5.41, 5.74) is 3.00. The van der Waals surface area contributed by atoms with Crippen LogP contribution in [-0.2, 0) is 19.3 Å². The molecule has 0 atom stereocenters. The Bertz CT molecular complexity index is 1320. The molecule has 29 heavy (non-hydrogen) atoms. The number of benzene rings is 2. The first-order chi connectivity index (χ1) is 13.9. The van der Waals surface area contributed by atoms with Gasteiger partial charge in [0, 0.05) is 17.8 Å². The van der Waals surface area contributed by atoms with E-state index in [4.69, 9.17) is 11.6 Å². The van der Waals surface area contributed by atoms with Gasteiger partial charge in [-0.1, -0.05) is 71.4 Å². The Balaban J connectivity index is 1.82. The number of halogens is 1. The second-order valence-electron chi connectivity index (χ2n) is 6.84. The summed E-state index contributed by atoms with van der Waals surface area (Å²) < 4.78 is 3.19. The van der Waals surface area contributed by atoms with Crippen molar-refractivity contribution < 1.29 is 0 Å². The molecule has 0 aliphatic carbocycles. The minimum atomic E-state index is -0.486. The van der Waals surface area contributed by atoms with E-state index in [1.807, 2.05) is 34.9 Å². The normalized spacial score (nSPS) is 11.3. The Morgan fingerprint density at radius 3 is 2.69 bits per heavy atom. The lowest BCUT2D eigenvalue weighted by molar-refractivity contribution is 0.728. The molecule has 0 saturated heterocycles. The Hall–Kier alpha value is -2.77. The Kier molecular flexibility index (Phi) is 5.34. The van der Waals surface area contributed by atoms with E-state index in [0.29, 0.717) is 33.6 Å². The van der Waals surface area contributed by atoms with E-state index in [1.54, 1.807) is 7.05 Å². The zero-order valence-electron chi connectivity index (χ0n) is 16.0. The number of hydrogen-bond donors (Lipinski definition) is 1. The molecule has 6 nitrogen and oxygen atoms in total. The topological polar surface area (TPSA) is 72.7 Å². The molecule has 0 amide bonds. The number of thioether (sulfide) groups is 1. The summed E-state index contributed by atoms with van der Waals surface area (Å²) >= 11 is 7.87. The fourth-order valence-corrected chi connectivity index (χ4v) is 4.35. The molecule has 0 saturated carbocycles. The van der Waals surface area contributed by atoms with Gasteiger partial charge in [-0.25, -0.2) is 9.78 Å². The molecule has 0 aliphatic rings. The van der Waals surface area contributed by atoms with E-state index in [0.717, 1.165) is 11.1 Å². The van der Waals surface area contributed by atoms with Gasteiger partial charge in [-0.15, -0.1) is 0 Å². The fraction of sp³-hybridized carbons (Fsp3) is 0.190. The number of hydrogen-bond acceptors (Lipinski definition) is 4. The first-order valence-electron chi connectivity index (χ1n) is 9.05. The van der Waals surface area contributed by atoms with Crippen LogP contribution in [0.5, 0.6) is 0 Å². The molecule has 1 N–H and O–H groups in total. The predicted molar refractivity (Wildman–Crippen MR) is 117 cm³/mol. The van der Waals surface area contributed by atoms with Crippen LogP contribution < -0.4 is 11.2 Å². The average Bonchev–Trinajstić information content (AvgIpc) is 3.05. The van der Waals surface area contributed by atoms with Crippen molar-refractivity contribution in [3.63, 3.8) is 0 Å². The molecule has 0 bridgehead atoms. The number of aryl methyl sites for hydroxylation is 2. The number of H-pyrrole nitrogens is 1. The molecule has 4 aromatic rings.